The van der Waals surface area contributed by atoms with Crippen LogP contribution in [0.1, 0.15) is 11.1 Å². The molecule has 11 heteroatoms. The third-order valence-corrected chi connectivity index (χ3v) is 4.67. The minimum absolute atomic E-state index is 0.150. The van der Waals surface area contributed by atoms with Crippen molar-refractivity contribution in [2.24, 2.45) is 0 Å². The molecule has 0 heterocycles. The van der Waals surface area contributed by atoms with Gasteiger partial charge in [0, 0.05) is 0 Å². The lowest BCUT2D eigenvalue weighted by Gasteiger charge is -2.18. The summed E-state index contributed by atoms with van der Waals surface area (Å²) < 4.78 is 62.2. The quantitative estimate of drug-likeness (QED) is 0.180. The van der Waals surface area contributed by atoms with Crippen molar-refractivity contribution in [1.82, 2.24) is 0 Å². The van der Waals surface area contributed by atoms with Crippen molar-refractivity contribution in [2.75, 3.05) is 0 Å². The minimum Gasteiger partial charge on any atom is -0.431 e. The molecule has 0 spiro atoms. The SMILES string of the molecule is O=C(C=Cc1ccc(OC(F)(F)C(Cl)Cl)cc1)C=Cc1ccc(OC(F)(F)C(Cl)Cl)cc1. The molecular weight excluding hydrogens is 518 g/mol. The molecule has 2 aromatic rings. The maximum Gasteiger partial charge on any atom is 0.428 e. The Hall–Kier alpha value is -1.93. The second kappa shape index (κ2) is 11.3. The number of rotatable bonds is 10. The maximum atomic E-state index is 13.3. The number of halogens is 8. The van der Waals surface area contributed by atoms with E-state index in [2.05, 4.69) is 9.47 Å². The van der Waals surface area contributed by atoms with E-state index in [1.807, 2.05) is 0 Å². The largest absolute Gasteiger partial charge is 0.431 e. The summed E-state index contributed by atoms with van der Waals surface area (Å²) >= 11 is 20.6. The van der Waals surface area contributed by atoms with Gasteiger partial charge >= 0.3 is 12.2 Å². The van der Waals surface area contributed by atoms with Gasteiger partial charge in [0.2, 0.25) is 9.67 Å². The first-order chi connectivity index (χ1) is 14.9. The summed E-state index contributed by atoms with van der Waals surface area (Å²) in [6.07, 6.45) is -2.05. The van der Waals surface area contributed by atoms with E-state index in [9.17, 15) is 22.4 Å². The van der Waals surface area contributed by atoms with Gasteiger partial charge in [0.1, 0.15) is 11.5 Å². The second-order valence-electron chi connectivity index (χ2n) is 6.14. The van der Waals surface area contributed by atoms with Crippen LogP contribution in [-0.2, 0) is 4.79 Å². The smallest absolute Gasteiger partial charge is 0.428 e. The summed E-state index contributed by atoms with van der Waals surface area (Å²) in [5.41, 5.74) is 1.10. The van der Waals surface area contributed by atoms with Crippen molar-refractivity contribution in [1.29, 1.82) is 0 Å². The van der Waals surface area contributed by atoms with Crippen LogP contribution in [0, 0.1) is 0 Å². The first-order valence-electron chi connectivity index (χ1n) is 8.69. The Kier molecular flexibility index (Phi) is 9.28. The summed E-state index contributed by atoms with van der Waals surface area (Å²) in [7, 11) is 0. The molecule has 0 bridgehead atoms. The third-order valence-electron chi connectivity index (χ3n) is 3.66. The Bertz CT molecular complexity index is 883. The lowest BCUT2D eigenvalue weighted by atomic mass is 10.1. The normalized spacial score (nSPS) is 12.8. The highest BCUT2D eigenvalue weighted by molar-refractivity contribution is 6.45. The molecule has 2 aromatic carbocycles. The summed E-state index contributed by atoms with van der Waals surface area (Å²) in [5.74, 6) is -0.673. The van der Waals surface area contributed by atoms with Gasteiger partial charge in [0.25, 0.3) is 0 Å². The van der Waals surface area contributed by atoms with Crippen molar-refractivity contribution in [2.45, 2.75) is 21.9 Å². The first kappa shape index (κ1) is 26.3. The van der Waals surface area contributed by atoms with Crippen LogP contribution in [0.15, 0.2) is 60.7 Å². The molecule has 0 radical (unpaired) electrons. The van der Waals surface area contributed by atoms with Crippen LogP contribution in [0.2, 0.25) is 0 Å². The monoisotopic (exact) mass is 530 g/mol. The number of ketones is 1. The number of hydrogen-bond donors (Lipinski definition) is 0. The number of allylic oxidation sites excluding steroid dienone is 2. The molecule has 0 atom stereocenters. The van der Waals surface area contributed by atoms with Crippen LogP contribution in [0.4, 0.5) is 17.6 Å². The van der Waals surface area contributed by atoms with E-state index < -0.39 is 21.9 Å². The predicted molar refractivity (Wildman–Crippen MR) is 118 cm³/mol. The average molecular weight is 532 g/mol. The highest BCUT2D eigenvalue weighted by atomic mass is 35.5. The van der Waals surface area contributed by atoms with Crippen LogP contribution >= 0.6 is 46.4 Å². The maximum absolute atomic E-state index is 13.3. The van der Waals surface area contributed by atoms with Gasteiger partial charge in [-0.1, -0.05) is 82.8 Å². The molecule has 0 aliphatic heterocycles. The van der Waals surface area contributed by atoms with Gasteiger partial charge in [0.15, 0.2) is 5.78 Å². The van der Waals surface area contributed by atoms with E-state index in [4.69, 9.17) is 46.4 Å². The predicted octanol–water partition coefficient (Wildman–Crippen LogP) is 7.53. The van der Waals surface area contributed by atoms with E-state index >= 15 is 0 Å². The second-order valence-corrected chi connectivity index (χ2v) is 8.33. The molecule has 3 nitrogen and oxygen atoms in total. The van der Waals surface area contributed by atoms with Crippen molar-refractivity contribution in [3.8, 4) is 11.5 Å². The van der Waals surface area contributed by atoms with E-state index in [1.165, 1.54) is 72.8 Å². The van der Waals surface area contributed by atoms with Gasteiger partial charge in [0.05, 0.1) is 0 Å². The van der Waals surface area contributed by atoms with E-state index in [0.717, 1.165) is 0 Å². The molecule has 0 saturated heterocycles. The fourth-order valence-electron chi connectivity index (χ4n) is 2.11. The van der Waals surface area contributed by atoms with Crippen LogP contribution < -0.4 is 9.47 Å². The van der Waals surface area contributed by atoms with E-state index in [1.54, 1.807) is 0 Å². The summed E-state index contributed by atoms with van der Waals surface area (Å²) in [6.45, 7) is 0. The molecule has 0 saturated carbocycles. The fraction of sp³-hybridized carbons (Fsp3) is 0.190. The van der Waals surface area contributed by atoms with Gasteiger partial charge in [-0.15, -0.1) is 0 Å². The van der Waals surface area contributed by atoms with Crippen molar-refractivity contribution < 1.29 is 31.8 Å². The molecule has 0 aliphatic rings. The zero-order valence-corrected chi connectivity index (χ0v) is 18.9. The highest BCUT2D eigenvalue weighted by Crippen LogP contribution is 2.31. The first-order valence-corrected chi connectivity index (χ1v) is 10.4. The summed E-state index contributed by atoms with van der Waals surface area (Å²) in [5, 5.41) is 0. The van der Waals surface area contributed by atoms with Gasteiger partial charge < -0.3 is 9.47 Å². The summed E-state index contributed by atoms with van der Waals surface area (Å²) in [6, 6.07) is 10.9. The number of hydrogen-bond acceptors (Lipinski definition) is 3. The Labute approximate surface area is 201 Å². The Morgan fingerprint density at radius 2 is 1.00 bits per heavy atom. The highest BCUT2D eigenvalue weighted by Gasteiger charge is 2.40. The number of carbonyl (C=O) groups excluding carboxylic acids is 1. The lowest BCUT2D eigenvalue weighted by Crippen LogP contribution is -2.32. The zero-order valence-electron chi connectivity index (χ0n) is 15.8. The molecule has 0 unspecified atom stereocenters. The zero-order chi connectivity index (χ0) is 23.9. The average Bonchev–Trinajstić information content (AvgIpc) is 2.72. The van der Waals surface area contributed by atoms with Crippen molar-refractivity contribution in [3.05, 3.63) is 71.8 Å². The molecule has 32 heavy (non-hydrogen) atoms. The number of carbonyl (C=O) groups is 1. The molecule has 0 fully saturated rings. The molecule has 0 amide bonds. The minimum atomic E-state index is -3.75. The third kappa shape index (κ3) is 8.20. The van der Waals surface area contributed by atoms with Gasteiger partial charge in [-0.05, 0) is 47.5 Å². The van der Waals surface area contributed by atoms with Crippen LogP contribution in [0.25, 0.3) is 12.2 Å². The van der Waals surface area contributed by atoms with Crippen LogP contribution in [-0.4, -0.2) is 27.7 Å². The molecule has 2 rings (SSSR count). The number of benzene rings is 2. The Morgan fingerprint density at radius 1 is 0.688 bits per heavy atom. The standard InChI is InChI=1S/C21H14Cl4F4O3/c22-18(23)20(26,27)31-16-9-3-13(4-10-16)1-7-15(30)8-2-14-5-11-17(12-6-14)32-21(28,29)19(24)25/h1-12,18-19H. The number of alkyl halides is 8. The van der Waals surface area contributed by atoms with Crippen molar-refractivity contribution >= 4 is 64.3 Å². The van der Waals surface area contributed by atoms with Gasteiger partial charge in [-0.2, -0.15) is 17.6 Å². The fourth-order valence-corrected chi connectivity index (χ4v) is 2.29. The van der Waals surface area contributed by atoms with Gasteiger partial charge in [-0.25, -0.2) is 0 Å². The molecule has 172 valence electrons. The summed E-state index contributed by atoms with van der Waals surface area (Å²) in [4.78, 5) is 7.91. The van der Waals surface area contributed by atoms with Crippen LogP contribution in [0.3, 0.4) is 0 Å². The molecule has 0 aromatic heterocycles. The molecule has 0 aliphatic carbocycles. The van der Waals surface area contributed by atoms with E-state index in [-0.39, 0.29) is 17.3 Å². The lowest BCUT2D eigenvalue weighted by molar-refractivity contribution is -0.164. The van der Waals surface area contributed by atoms with Gasteiger partial charge in [-0.3, -0.25) is 4.79 Å². The topological polar surface area (TPSA) is 35.5 Å². The number of ether oxygens (including phenoxy) is 2. The Morgan fingerprint density at radius 3 is 1.28 bits per heavy atom. The molecular formula is C21H14Cl4F4O3. The molecule has 0 N–H and O–H groups in total. The van der Waals surface area contributed by atoms with E-state index in [0.29, 0.717) is 11.1 Å². The van der Waals surface area contributed by atoms with Crippen molar-refractivity contribution in [3.63, 3.8) is 0 Å². The Balaban J connectivity index is 1.93. The van der Waals surface area contributed by atoms with Crippen LogP contribution in [0.5, 0.6) is 11.5 Å².